The number of nitrogens with zero attached hydrogens (tertiary/aromatic N) is 2. The molecule has 2 aromatic carbocycles. The summed E-state index contributed by atoms with van der Waals surface area (Å²) < 4.78 is 18.5. The van der Waals surface area contributed by atoms with E-state index in [9.17, 15) is 9.18 Å². The molecule has 7 heteroatoms. The Kier molecular flexibility index (Phi) is 5.14. The smallest absolute Gasteiger partial charge is 0.209 e. The van der Waals surface area contributed by atoms with Crippen LogP contribution in [-0.4, -0.2) is 33.8 Å². The number of benzene rings is 2. The maximum absolute atomic E-state index is 13.4. The summed E-state index contributed by atoms with van der Waals surface area (Å²) in [5.41, 5.74) is 2.29. The summed E-state index contributed by atoms with van der Waals surface area (Å²) in [6.07, 6.45) is 0. The molecule has 0 fully saturated rings. The Labute approximate surface area is 148 Å². The third-order valence-corrected chi connectivity index (χ3v) is 4.43. The van der Waals surface area contributed by atoms with Crippen LogP contribution in [0.4, 0.5) is 4.39 Å². The lowest BCUT2D eigenvalue weighted by Gasteiger charge is -2.06. The van der Waals surface area contributed by atoms with Crippen LogP contribution in [0.15, 0.2) is 47.6 Å². The van der Waals surface area contributed by atoms with Crippen molar-refractivity contribution < 1.29 is 13.9 Å². The lowest BCUT2D eigenvalue weighted by molar-refractivity contribution is 0.101. The Morgan fingerprint density at radius 2 is 2.00 bits per heavy atom. The fourth-order valence-corrected chi connectivity index (χ4v) is 2.94. The normalized spacial score (nSPS) is 10.7. The molecule has 1 aromatic heterocycles. The van der Waals surface area contributed by atoms with Gasteiger partial charge in [-0.25, -0.2) is 9.37 Å². The van der Waals surface area contributed by atoms with E-state index in [2.05, 4.69) is 15.2 Å². The lowest BCUT2D eigenvalue weighted by Crippen LogP contribution is -2.05. The van der Waals surface area contributed by atoms with Gasteiger partial charge in [0.2, 0.25) is 5.16 Å². The molecule has 5 nitrogen and oxygen atoms in total. The van der Waals surface area contributed by atoms with E-state index in [4.69, 9.17) is 4.74 Å². The number of carbonyl (C=O) groups excluding carboxylic acids is 1. The van der Waals surface area contributed by atoms with Crippen molar-refractivity contribution in [2.75, 3.05) is 12.9 Å². The molecule has 0 unspecified atom stereocenters. The predicted octanol–water partition coefficient (Wildman–Crippen LogP) is 3.90. The zero-order valence-electron chi connectivity index (χ0n) is 13.7. The second-order valence-electron chi connectivity index (χ2n) is 5.39. The zero-order chi connectivity index (χ0) is 17.8. The van der Waals surface area contributed by atoms with Crippen molar-refractivity contribution >= 4 is 17.5 Å². The number of carbonyl (C=O) groups is 1. The molecular weight excluding hydrogens is 341 g/mol. The molecule has 0 aliphatic carbocycles. The van der Waals surface area contributed by atoms with Crippen LogP contribution >= 0.6 is 11.8 Å². The Balaban J connectivity index is 1.69. The summed E-state index contributed by atoms with van der Waals surface area (Å²) in [4.78, 5) is 16.7. The first-order chi connectivity index (χ1) is 12.1. The second kappa shape index (κ2) is 7.48. The quantitative estimate of drug-likeness (QED) is 0.535. The Bertz CT molecular complexity index is 894. The van der Waals surface area contributed by atoms with E-state index in [0.29, 0.717) is 16.7 Å². The van der Waals surface area contributed by atoms with E-state index in [-0.39, 0.29) is 17.1 Å². The van der Waals surface area contributed by atoms with Crippen molar-refractivity contribution in [1.82, 2.24) is 15.2 Å². The topological polar surface area (TPSA) is 67.9 Å². The molecule has 0 saturated carbocycles. The summed E-state index contributed by atoms with van der Waals surface area (Å²) in [6.45, 7) is 2.01. The molecule has 25 heavy (non-hydrogen) atoms. The van der Waals surface area contributed by atoms with E-state index in [1.54, 1.807) is 0 Å². The molecular formula is C18H16FN3O2S. The first kappa shape index (κ1) is 17.2. The number of rotatable bonds is 6. The molecule has 0 amide bonds. The third-order valence-electron chi connectivity index (χ3n) is 3.58. The van der Waals surface area contributed by atoms with Crippen molar-refractivity contribution in [3.05, 3.63) is 59.4 Å². The van der Waals surface area contributed by atoms with Crippen LogP contribution in [0.1, 0.15) is 15.9 Å². The van der Waals surface area contributed by atoms with Crippen molar-refractivity contribution in [3.8, 4) is 17.1 Å². The summed E-state index contributed by atoms with van der Waals surface area (Å²) in [5, 5.41) is 7.43. The molecule has 1 N–H and O–H groups in total. The van der Waals surface area contributed by atoms with Gasteiger partial charge in [0.25, 0.3) is 0 Å². The van der Waals surface area contributed by atoms with Crippen LogP contribution in [0.25, 0.3) is 11.4 Å². The van der Waals surface area contributed by atoms with Crippen LogP contribution in [0.2, 0.25) is 0 Å². The van der Waals surface area contributed by atoms with Gasteiger partial charge in [-0.1, -0.05) is 41.6 Å². The number of Topliss-reactive ketones (excluding diaryl/α,β-unsaturated/α-hetero) is 1. The van der Waals surface area contributed by atoms with Gasteiger partial charge in [0.1, 0.15) is 11.6 Å². The summed E-state index contributed by atoms with van der Waals surface area (Å²) in [6, 6.07) is 11.8. The van der Waals surface area contributed by atoms with Gasteiger partial charge in [0.05, 0.1) is 18.4 Å². The standard InChI is InChI=1S/C18H16FN3O2S/c1-11-3-5-12(6-4-11)17-20-18(22-21-17)25-10-15(23)14-9-13(19)7-8-16(14)24-2/h3-9H,10H2,1-2H3,(H,20,21,22). The van der Waals surface area contributed by atoms with Crippen LogP contribution < -0.4 is 4.74 Å². The highest BCUT2D eigenvalue weighted by Gasteiger charge is 2.15. The van der Waals surface area contributed by atoms with Crippen LogP contribution in [0.5, 0.6) is 5.75 Å². The van der Waals surface area contributed by atoms with Gasteiger partial charge in [-0.15, -0.1) is 5.10 Å². The number of hydrogen-bond acceptors (Lipinski definition) is 5. The Morgan fingerprint density at radius 3 is 2.72 bits per heavy atom. The minimum Gasteiger partial charge on any atom is -0.496 e. The molecule has 0 radical (unpaired) electrons. The van der Waals surface area contributed by atoms with Crippen molar-refractivity contribution in [3.63, 3.8) is 0 Å². The maximum atomic E-state index is 13.4. The van der Waals surface area contributed by atoms with Gasteiger partial charge in [-0.05, 0) is 25.1 Å². The van der Waals surface area contributed by atoms with E-state index < -0.39 is 5.82 Å². The average molecular weight is 357 g/mol. The number of nitrogens with one attached hydrogen (secondary N) is 1. The third kappa shape index (κ3) is 4.06. The number of halogens is 1. The summed E-state index contributed by atoms with van der Waals surface area (Å²) >= 11 is 1.19. The average Bonchev–Trinajstić information content (AvgIpc) is 3.09. The number of H-pyrrole nitrogens is 1. The number of hydrogen-bond donors (Lipinski definition) is 1. The highest BCUT2D eigenvalue weighted by atomic mass is 32.2. The van der Waals surface area contributed by atoms with Gasteiger partial charge < -0.3 is 4.74 Å². The summed E-state index contributed by atoms with van der Waals surface area (Å²) in [7, 11) is 1.44. The van der Waals surface area contributed by atoms with Gasteiger partial charge in [-0.3, -0.25) is 9.89 Å². The summed E-state index contributed by atoms with van der Waals surface area (Å²) in [5.74, 6) is 0.350. The Hall–Kier alpha value is -2.67. The van der Waals surface area contributed by atoms with Gasteiger partial charge in [0.15, 0.2) is 11.6 Å². The highest BCUT2D eigenvalue weighted by molar-refractivity contribution is 7.99. The monoisotopic (exact) mass is 357 g/mol. The van der Waals surface area contributed by atoms with Gasteiger partial charge in [0, 0.05) is 5.56 Å². The minimum absolute atomic E-state index is 0.0883. The molecule has 0 spiro atoms. The van der Waals surface area contributed by atoms with Crippen molar-refractivity contribution in [2.45, 2.75) is 12.1 Å². The van der Waals surface area contributed by atoms with E-state index in [0.717, 1.165) is 11.1 Å². The van der Waals surface area contributed by atoms with Crippen molar-refractivity contribution in [2.24, 2.45) is 0 Å². The number of ether oxygens (including phenoxy) is 1. The molecule has 3 aromatic rings. The zero-order valence-corrected chi connectivity index (χ0v) is 14.6. The van der Waals surface area contributed by atoms with Gasteiger partial charge >= 0.3 is 0 Å². The molecule has 1 heterocycles. The molecule has 128 valence electrons. The number of aryl methyl sites for hydroxylation is 1. The first-order valence-corrected chi connectivity index (χ1v) is 8.54. The minimum atomic E-state index is -0.478. The maximum Gasteiger partial charge on any atom is 0.209 e. The second-order valence-corrected chi connectivity index (χ2v) is 6.33. The van der Waals surface area contributed by atoms with Crippen LogP contribution in [0, 0.1) is 12.7 Å². The van der Waals surface area contributed by atoms with E-state index in [1.165, 1.54) is 37.1 Å². The Morgan fingerprint density at radius 1 is 1.24 bits per heavy atom. The number of methoxy groups -OCH3 is 1. The van der Waals surface area contributed by atoms with E-state index >= 15 is 0 Å². The molecule has 0 bridgehead atoms. The molecule has 3 rings (SSSR count). The predicted molar refractivity (Wildman–Crippen MR) is 94.6 cm³/mol. The highest BCUT2D eigenvalue weighted by Crippen LogP contribution is 2.24. The van der Waals surface area contributed by atoms with E-state index in [1.807, 2.05) is 31.2 Å². The number of ketones is 1. The number of aromatic amines is 1. The molecule has 0 aliphatic heterocycles. The fraction of sp³-hybridized carbons (Fsp3) is 0.167. The largest absolute Gasteiger partial charge is 0.496 e. The molecule has 0 saturated heterocycles. The number of thioether (sulfide) groups is 1. The molecule has 0 aliphatic rings. The lowest BCUT2D eigenvalue weighted by atomic mass is 10.1. The fourth-order valence-electron chi connectivity index (χ4n) is 2.26. The SMILES string of the molecule is COc1ccc(F)cc1C(=O)CSc1n[nH]c(-c2ccc(C)cc2)n1. The first-order valence-electron chi connectivity index (χ1n) is 7.56. The van der Waals surface area contributed by atoms with Crippen LogP contribution in [0.3, 0.4) is 0 Å². The van der Waals surface area contributed by atoms with Crippen molar-refractivity contribution in [1.29, 1.82) is 0 Å². The molecule has 0 atom stereocenters. The van der Waals surface area contributed by atoms with Gasteiger partial charge in [-0.2, -0.15) is 0 Å². The van der Waals surface area contributed by atoms with Crippen LogP contribution in [-0.2, 0) is 0 Å². The number of aromatic nitrogens is 3.